The zero-order valence-corrected chi connectivity index (χ0v) is 13.4. The second-order valence-corrected chi connectivity index (χ2v) is 4.68. The molecule has 0 aromatic carbocycles. The molecule has 0 bridgehead atoms. The Morgan fingerprint density at radius 1 is 1.00 bits per heavy atom. The van der Waals surface area contributed by atoms with Gasteiger partial charge in [-0.1, -0.05) is 27.2 Å². The van der Waals surface area contributed by atoms with Gasteiger partial charge in [-0.25, -0.2) is 4.79 Å². The van der Waals surface area contributed by atoms with Crippen molar-refractivity contribution in [2.75, 3.05) is 13.2 Å². The third kappa shape index (κ3) is 4.69. The monoisotopic (exact) mass is 288 g/mol. The van der Waals surface area contributed by atoms with Gasteiger partial charge >= 0.3 is 12.1 Å². The highest BCUT2D eigenvalue weighted by Gasteiger charge is 2.46. The topological polar surface area (TPSA) is 61.8 Å². The fraction of sp³-hybridized carbons (Fsp3) is 0.867. The van der Waals surface area contributed by atoms with Crippen molar-refractivity contribution < 1.29 is 23.8 Å². The van der Waals surface area contributed by atoms with Gasteiger partial charge in [0.1, 0.15) is 11.5 Å². The Morgan fingerprint density at radius 2 is 1.60 bits per heavy atom. The number of carbonyl (C=O) groups excluding carboxylic acids is 2. The Morgan fingerprint density at radius 3 is 2.00 bits per heavy atom. The zero-order valence-electron chi connectivity index (χ0n) is 13.4. The Bertz CT molecular complexity index is 303. The number of hydrogen-bond donors (Lipinski definition) is 0. The van der Waals surface area contributed by atoms with Crippen LogP contribution >= 0.6 is 0 Å². The highest BCUT2D eigenvalue weighted by molar-refractivity contribution is 5.78. The third-order valence-electron chi connectivity index (χ3n) is 3.50. The van der Waals surface area contributed by atoms with Crippen LogP contribution in [0, 0.1) is 5.41 Å². The van der Waals surface area contributed by atoms with E-state index in [1.54, 1.807) is 13.8 Å². The molecule has 0 fully saturated rings. The van der Waals surface area contributed by atoms with Crippen molar-refractivity contribution >= 4 is 12.1 Å². The minimum Gasteiger partial charge on any atom is -0.465 e. The minimum absolute atomic E-state index is 0.252. The van der Waals surface area contributed by atoms with E-state index in [1.807, 2.05) is 20.8 Å². The molecular weight excluding hydrogens is 260 g/mol. The predicted molar refractivity (Wildman–Crippen MR) is 76.5 cm³/mol. The van der Waals surface area contributed by atoms with Crippen molar-refractivity contribution in [3.05, 3.63) is 0 Å². The average Bonchev–Trinajstić information content (AvgIpc) is 2.43. The lowest BCUT2D eigenvalue weighted by Gasteiger charge is -2.36. The highest BCUT2D eigenvalue weighted by Crippen LogP contribution is 2.37. The van der Waals surface area contributed by atoms with Crippen LogP contribution in [-0.4, -0.2) is 31.4 Å². The van der Waals surface area contributed by atoms with E-state index in [0.29, 0.717) is 25.9 Å². The summed E-state index contributed by atoms with van der Waals surface area (Å²) in [5.74, 6) is -0.291. The van der Waals surface area contributed by atoms with E-state index in [-0.39, 0.29) is 12.6 Å². The molecule has 0 radical (unpaired) electrons. The molecule has 0 spiro atoms. The number of rotatable bonds is 9. The van der Waals surface area contributed by atoms with Gasteiger partial charge in [-0.15, -0.1) is 0 Å². The fourth-order valence-electron chi connectivity index (χ4n) is 2.52. The first-order chi connectivity index (χ1) is 9.52. The van der Waals surface area contributed by atoms with Crippen molar-refractivity contribution in [2.45, 2.75) is 66.4 Å². The molecule has 0 saturated heterocycles. The van der Waals surface area contributed by atoms with Crippen LogP contribution in [0.2, 0.25) is 0 Å². The van der Waals surface area contributed by atoms with Gasteiger partial charge in [-0.3, -0.25) is 4.79 Å². The molecule has 2 unspecified atom stereocenters. The van der Waals surface area contributed by atoms with Crippen LogP contribution in [0.4, 0.5) is 4.79 Å². The Kier molecular flexibility index (Phi) is 9.01. The van der Waals surface area contributed by atoms with Gasteiger partial charge in [-0.2, -0.15) is 0 Å². The Hall–Kier alpha value is -1.26. The van der Waals surface area contributed by atoms with Crippen molar-refractivity contribution in [3.8, 4) is 0 Å². The van der Waals surface area contributed by atoms with Gasteiger partial charge < -0.3 is 14.2 Å². The smallest absolute Gasteiger partial charge is 0.465 e. The minimum atomic E-state index is -0.785. The maximum atomic E-state index is 12.4. The normalized spacial score (nSPS) is 15.1. The summed E-state index contributed by atoms with van der Waals surface area (Å²) in [5.41, 5.74) is -0.785. The summed E-state index contributed by atoms with van der Waals surface area (Å²) < 4.78 is 15.4. The molecule has 0 aromatic rings. The molecule has 5 nitrogen and oxygen atoms in total. The first-order valence-corrected chi connectivity index (χ1v) is 7.52. The molecule has 0 aromatic heterocycles. The van der Waals surface area contributed by atoms with E-state index in [2.05, 4.69) is 0 Å². The average molecular weight is 288 g/mol. The summed E-state index contributed by atoms with van der Waals surface area (Å²) in [6.45, 7) is 9.87. The first-order valence-electron chi connectivity index (χ1n) is 7.52. The molecule has 0 amide bonds. The maximum Gasteiger partial charge on any atom is 0.508 e. The summed E-state index contributed by atoms with van der Waals surface area (Å²) in [4.78, 5) is 23.9. The molecule has 0 heterocycles. The van der Waals surface area contributed by atoms with Crippen molar-refractivity contribution in [1.29, 1.82) is 0 Å². The molecule has 2 atom stereocenters. The number of esters is 1. The molecule has 0 aliphatic heterocycles. The Balaban J connectivity index is 5.21. The van der Waals surface area contributed by atoms with Crippen molar-refractivity contribution in [2.24, 2.45) is 5.41 Å². The summed E-state index contributed by atoms with van der Waals surface area (Å²) >= 11 is 0. The van der Waals surface area contributed by atoms with Crippen LogP contribution < -0.4 is 0 Å². The van der Waals surface area contributed by atoms with Crippen LogP contribution in [0.15, 0.2) is 0 Å². The van der Waals surface area contributed by atoms with Crippen LogP contribution in [0.3, 0.4) is 0 Å². The van der Waals surface area contributed by atoms with Gasteiger partial charge in [0.25, 0.3) is 0 Å². The second kappa shape index (κ2) is 9.61. The molecule has 0 N–H and O–H groups in total. The highest BCUT2D eigenvalue weighted by atomic mass is 16.7. The molecule has 0 aliphatic rings. The van der Waals surface area contributed by atoms with Crippen LogP contribution in [-0.2, 0) is 19.0 Å². The number of ether oxygens (including phenoxy) is 3. The van der Waals surface area contributed by atoms with Gasteiger partial charge in [-0.05, 0) is 33.1 Å². The summed E-state index contributed by atoms with van der Waals surface area (Å²) in [7, 11) is 0. The number of carbonyl (C=O) groups is 2. The molecular formula is C15H28O5. The SMILES string of the molecule is CCCC(CC)(C(=O)OCC)C(CC)OC(=O)OCC. The van der Waals surface area contributed by atoms with E-state index in [1.165, 1.54) is 0 Å². The van der Waals surface area contributed by atoms with Gasteiger partial charge in [0.2, 0.25) is 0 Å². The first kappa shape index (κ1) is 18.7. The summed E-state index contributed by atoms with van der Waals surface area (Å²) in [6.07, 6.45) is 1.31. The maximum absolute atomic E-state index is 12.4. The van der Waals surface area contributed by atoms with E-state index in [4.69, 9.17) is 14.2 Å². The molecule has 20 heavy (non-hydrogen) atoms. The van der Waals surface area contributed by atoms with E-state index >= 15 is 0 Å². The van der Waals surface area contributed by atoms with E-state index < -0.39 is 17.7 Å². The van der Waals surface area contributed by atoms with Crippen LogP contribution in [0.5, 0.6) is 0 Å². The largest absolute Gasteiger partial charge is 0.508 e. The van der Waals surface area contributed by atoms with Crippen LogP contribution in [0.25, 0.3) is 0 Å². The molecule has 0 aliphatic carbocycles. The molecule has 0 rings (SSSR count). The summed E-state index contributed by atoms with van der Waals surface area (Å²) in [5, 5.41) is 0. The van der Waals surface area contributed by atoms with Crippen molar-refractivity contribution in [3.63, 3.8) is 0 Å². The quantitative estimate of drug-likeness (QED) is 0.605. The van der Waals surface area contributed by atoms with Crippen molar-refractivity contribution in [1.82, 2.24) is 0 Å². The lowest BCUT2D eigenvalue weighted by molar-refractivity contribution is -0.166. The van der Waals surface area contributed by atoms with Gasteiger partial charge in [0.05, 0.1) is 13.2 Å². The molecule has 5 heteroatoms. The third-order valence-corrected chi connectivity index (χ3v) is 3.50. The van der Waals surface area contributed by atoms with Gasteiger partial charge in [0.15, 0.2) is 0 Å². The Labute approximate surface area is 122 Å². The molecule has 118 valence electrons. The van der Waals surface area contributed by atoms with E-state index in [9.17, 15) is 9.59 Å². The number of hydrogen-bond acceptors (Lipinski definition) is 5. The lowest BCUT2D eigenvalue weighted by Crippen LogP contribution is -2.45. The predicted octanol–water partition coefficient (Wildman–Crippen LogP) is 3.70. The second-order valence-electron chi connectivity index (χ2n) is 4.68. The van der Waals surface area contributed by atoms with Crippen LogP contribution in [0.1, 0.15) is 60.3 Å². The fourth-order valence-corrected chi connectivity index (χ4v) is 2.52. The molecule has 0 saturated carbocycles. The lowest BCUT2D eigenvalue weighted by atomic mass is 9.74. The standard InChI is InChI=1S/C15H28O5/c1-6-11-15(8-3,13(16)18-9-4)12(7-2)20-14(17)19-10-5/h12H,6-11H2,1-5H3. The zero-order chi connectivity index (χ0) is 15.6. The summed E-state index contributed by atoms with van der Waals surface area (Å²) in [6, 6.07) is 0. The van der Waals surface area contributed by atoms with Gasteiger partial charge in [0, 0.05) is 0 Å². The van der Waals surface area contributed by atoms with E-state index in [0.717, 1.165) is 6.42 Å².